The summed E-state index contributed by atoms with van der Waals surface area (Å²) in [5.41, 5.74) is 0. The molecular weight excluding hydrogens is 192 g/mol. The number of hydrogen-bond donors (Lipinski definition) is 0. The van der Waals surface area contributed by atoms with Crippen LogP contribution in [0.15, 0.2) is 18.5 Å². The average Bonchev–Trinajstić information content (AvgIpc) is 2.70. The normalized spacial score (nSPS) is 26.2. The van der Waals surface area contributed by atoms with E-state index < -0.39 is 0 Å². The van der Waals surface area contributed by atoms with Crippen LogP contribution in [0.5, 0.6) is 0 Å². The summed E-state index contributed by atoms with van der Waals surface area (Å²) in [4.78, 5) is 11.0. The maximum Gasteiger partial charge on any atom is 0.302 e. The fourth-order valence-electron chi connectivity index (χ4n) is 2.21. The summed E-state index contributed by atoms with van der Waals surface area (Å²) in [7, 11) is 0. The minimum absolute atomic E-state index is 0.00356. The Bertz CT molecular complexity index is 321. The van der Waals surface area contributed by atoms with Gasteiger partial charge in [-0.2, -0.15) is 5.10 Å². The van der Waals surface area contributed by atoms with Crippen LogP contribution in [0.3, 0.4) is 0 Å². The van der Waals surface area contributed by atoms with E-state index in [-0.39, 0.29) is 18.1 Å². The van der Waals surface area contributed by atoms with E-state index in [2.05, 4.69) is 5.10 Å². The third-order valence-corrected chi connectivity index (χ3v) is 2.85. The van der Waals surface area contributed by atoms with Crippen molar-refractivity contribution in [1.82, 2.24) is 9.78 Å². The highest BCUT2D eigenvalue weighted by Gasteiger charge is 2.28. The van der Waals surface area contributed by atoms with E-state index in [0.717, 1.165) is 19.3 Å². The Morgan fingerprint density at radius 1 is 1.47 bits per heavy atom. The van der Waals surface area contributed by atoms with Gasteiger partial charge in [0.1, 0.15) is 6.10 Å². The highest BCUT2D eigenvalue weighted by Crippen LogP contribution is 2.30. The highest BCUT2D eigenvalue weighted by atomic mass is 16.5. The van der Waals surface area contributed by atoms with Gasteiger partial charge in [-0.15, -0.1) is 0 Å². The quantitative estimate of drug-likeness (QED) is 0.697. The summed E-state index contributed by atoms with van der Waals surface area (Å²) in [6.45, 7) is 1.47. The van der Waals surface area contributed by atoms with Crippen LogP contribution >= 0.6 is 0 Å². The lowest BCUT2D eigenvalue weighted by atomic mass is 9.92. The van der Waals surface area contributed by atoms with Crippen LogP contribution in [0.25, 0.3) is 0 Å². The van der Waals surface area contributed by atoms with Gasteiger partial charge in [0, 0.05) is 19.3 Å². The molecule has 15 heavy (non-hydrogen) atoms. The molecule has 1 aromatic rings. The fourth-order valence-corrected chi connectivity index (χ4v) is 2.21. The summed E-state index contributed by atoms with van der Waals surface area (Å²) in [5.74, 6) is -0.195. The van der Waals surface area contributed by atoms with Gasteiger partial charge >= 0.3 is 5.97 Å². The molecule has 1 heterocycles. The second-order valence-electron chi connectivity index (χ2n) is 3.99. The van der Waals surface area contributed by atoms with E-state index in [1.165, 1.54) is 13.3 Å². The van der Waals surface area contributed by atoms with Gasteiger partial charge in [-0.1, -0.05) is 6.42 Å². The molecule has 1 aliphatic rings. The van der Waals surface area contributed by atoms with Crippen LogP contribution in [-0.4, -0.2) is 21.9 Å². The average molecular weight is 208 g/mol. The van der Waals surface area contributed by atoms with E-state index in [1.54, 1.807) is 6.20 Å². The number of rotatable bonds is 2. The molecule has 82 valence electrons. The lowest BCUT2D eigenvalue weighted by Gasteiger charge is -2.30. The molecule has 0 radical (unpaired) electrons. The van der Waals surface area contributed by atoms with Crippen molar-refractivity contribution < 1.29 is 9.53 Å². The smallest absolute Gasteiger partial charge is 0.302 e. The molecule has 0 unspecified atom stereocenters. The van der Waals surface area contributed by atoms with Crippen molar-refractivity contribution in [2.75, 3.05) is 0 Å². The molecule has 1 fully saturated rings. The number of carbonyl (C=O) groups excluding carboxylic acids is 1. The van der Waals surface area contributed by atoms with Gasteiger partial charge in [0.25, 0.3) is 0 Å². The van der Waals surface area contributed by atoms with Crippen molar-refractivity contribution in [2.45, 2.75) is 44.8 Å². The molecule has 4 heteroatoms. The Balaban J connectivity index is 2.09. The maximum atomic E-state index is 11.0. The van der Waals surface area contributed by atoms with Crippen LogP contribution in [0.2, 0.25) is 0 Å². The summed E-state index contributed by atoms with van der Waals surface area (Å²) in [6.07, 6.45) is 8.00. The van der Waals surface area contributed by atoms with Crippen molar-refractivity contribution in [3.05, 3.63) is 18.5 Å². The number of ether oxygens (including phenoxy) is 1. The standard InChI is InChI=1S/C11H16N2O2/c1-9(14)15-11-6-3-2-5-10(11)13-8-4-7-12-13/h4,7-8,10-11H,2-3,5-6H2,1H3/t10-,11-/m0/s1. The molecule has 0 N–H and O–H groups in total. The summed E-state index contributed by atoms with van der Waals surface area (Å²) >= 11 is 0. The number of hydrogen-bond acceptors (Lipinski definition) is 3. The highest BCUT2D eigenvalue weighted by molar-refractivity contribution is 5.66. The molecule has 2 rings (SSSR count). The number of carbonyl (C=O) groups is 1. The van der Waals surface area contributed by atoms with Crippen LogP contribution in [-0.2, 0) is 9.53 Å². The Labute approximate surface area is 89.2 Å². The lowest BCUT2D eigenvalue weighted by molar-refractivity contribution is -0.150. The van der Waals surface area contributed by atoms with Crippen molar-refractivity contribution in [2.24, 2.45) is 0 Å². The zero-order chi connectivity index (χ0) is 10.7. The minimum atomic E-state index is -0.195. The van der Waals surface area contributed by atoms with Crippen molar-refractivity contribution >= 4 is 5.97 Å². The Morgan fingerprint density at radius 3 is 2.93 bits per heavy atom. The van der Waals surface area contributed by atoms with Gasteiger partial charge in [-0.05, 0) is 25.3 Å². The Hall–Kier alpha value is -1.32. The molecular formula is C11H16N2O2. The van der Waals surface area contributed by atoms with E-state index in [0.29, 0.717) is 0 Å². The summed E-state index contributed by atoms with van der Waals surface area (Å²) in [6, 6.07) is 2.12. The van der Waals surface area contributed by atoms with E-state index in [1.807, 2.05) is 16.9 Å². The van der Waals surface area contributed by atoms with Gasteiger partial charge in [-0.25, -0.2) is 0 Å². The predicted octanol–water partition coefficient (Wildman–Crippen LogP) is 1.93. The van der Waals surface area contributed by atoms with Gasteiger partial charge < -0.3 is 4.74 Å². The molecule has 1 saturated carbocycles. The summed E-state index contributed by atoms with van der Waals surface area (Å²) in [5, 5.41) is 4.22. The molecule has 2 atom stereocenters. The Kier molecular flexibility index (Phi) is 3.04. The van der Waals surface area contributed by atoms with Gasteiger partial charge in [0.05, 0.1) is 6.04 Å². The van der Waals surface area contributed by atoms with E-state index >= 15 is 0 Å². The first-order valence-electron chi connectivity index (χ1n) is 5.44. The van der Waals surface area contributed by atoms with Crippen LogP contribution < -0.4 is 0 Å². The van der Waals surface area contributed by atoms with Crippen LogP contribution in [0, 0.1) is 0 Å². The monoisotopic (exact) mass is 208 g/mol. The second-order valence-corrected chi connectivity index (χ2v) is 3.99. The third-order valence-electron chi connectivity index (χ3n) is 2.85. The van der Waals surface area contributed by atoms with Gasteiger partial charge in [-0.3, -0.25) is 9.48 Å². The summed E-state index contributed by atoms with van der Waals surface area (Å²) < 4.78 is 7.24. The third kappa shape index (κ3) is 2.37. The molecule has 0 spiro atoms. The van der Waals surface area contributed by atoms with Crippen molar-refractivity contribution in [3.8, 4) is 0 Å². The zero-order valence-corrected chi connectivity index (χ0v) is 8.93. The van der Waals surface area contributed by atoms with Crippen LogP contribution in [0.4, 0.5) is 0 Å². The van der Waals surface area contributed by atoms with E-state index in [4.69, 9.17) is 4.74 Å². The number of esters is 1. The predicted molar refractivity (Wildman–Crippen MR) is 55.3 cm³/mol. The molecule has 0 amide bonds. The SMILES string of the molecule is CC(=O)O[C@H]1CCCC[C@@H]1n1cccn1. The van der Waals surface area contributed by atoms with Crippen molar-refractivity contribution in [1.29, 1.82) is 0 Å². The molecule has 0 saturated heterocycles. The first kappa shape index (κ1) is 10.2. The zero-order valence-electron chi connectivity index (χ0n) is 8.93. The Morgan fingerprint density at radius 2 is 2.27 bits per heavy atom. The van der Waals surface area contributed by atoms with Crippen LogP contribution in [0.1, 0.15) is 38.6 Å². The maximum absolute atomic E-state index is 11.0. The number of aromatic nitrogens is 2. The molecule has 4 nitrogen and oxygen atoms in total. The second kappa shape index (κ2) is 4.47. The topological polar surface area (TPSA) is 44.1 Å². The lowest BCUT2D eigenvalue weighted by Crippen LogP contribution is -2.31. The van der Waals surface area contributed by atoms with E-state index in [9.17, 15) is 4.79 Å². The fraction of sp³-hybridized carbons (Fsp3) is 0.636. The number of nitrogens with zero attached hydrogens (tertiary/aromatic N) is 2. The van der Waals surface area contributed by atoms with Crippen molar-refractivity contribution in [3.63, 3.8) is 0 Å². The molecule has 0 aromatic carbocycles. The van der Waals surface area contributed by atoms with Gasteiger partial charge in [0.2, 0.25) is 0 Å². The molecule has 0 bridgehead atoms. The minimum Gasteiger partial charge on any atom is -0.460 e. The molecule has 1 aliphatic carbocycles. The first-order valence-corrected chi connectivity index (χ1v) is 5.44. The first-order chi connectivity index (χ1) is 7.27. The molecule has 0 aliphatic heterocycles. The van der Waals surface area contributed by atoms with Gasteiger partial charge in [0.15, 0.2) is 0 Å². The molecule has 1 aromatic heterocycles. The largest absolute Gasteiger partial charge is 0.460 e.